The first-order valence-corrected chi connectivity index (χ1v) is 4.73. The number of rotatable bonds is 3. The highest BCUT2D eigenvalue weighted by molar-refractivity contribution is 4.41. The highest BCUT2D eigenvalue weighted by Crippen LogP contribution is 1.82. The molecule has 0 radical (unpaired) electrons. The third kappa shape index (κ3) is 25.7. The van der Waals surface area contributed by atoms with Crippen molar-refractivity contribution in [3.05, 3.63) is 0 Å². The van der Waals surface area contributed by atoms with Gasteiger partial charge in [0, 0.05) is 0 Å². The van der Waals surface area contributed by atoms with Crippen molar-refractivity contribution in [2.45, 2.75) is 41.0 Å². The number of hydrogen-bond acceptors (Lipinski definition) is 1. The molecule has 11 heavy (non-hydrogen) atoms. The Morgan fingerprint density at radius 3 is 1.55 bits per heavy atom. The molecule has 0 bridgehead atoms. The van der Waals surface area contributed by atoms with Crippen LogP contribution in [0.2, 0.25) is 0 Å². The third-order valence-corrected chi connectivity index (χ3v) is 1.15. The molecule has 0 rings (SSSR count). The molecule has 0 aromatic heterocycles. The summed E-state index contributed by atoms with van der Waals surface area (Å²) >= 11 is 0. The molecule has 0 aliphatic rings. The Labute approximate surface area is 72.8 Å². The molecule has 1 nitrogen and oxygen atoms in total. The predicted octanol–water partition coefficient (Wildman–Crippen LogP) is 3.01. The van der Waals surface area contributed by atoms with Gasteiger partial charge >= 0.3 is 0 Å². The first kappa shape index (κ1) is 13.5. The molecule has 0 fully saturated rings. The molecule has 0 aromatic rings. The summed E-state index contributed by atoms with van der Waals surface area (Å²) in [4.78, 5) is 2.31. The van der Waals surface area contributed by atoms with Crippen LogP contribution < -0.4 is 0 Å². The van der Waals surface area contributed by atoms with Gasteiger partial charge in [-0.25, -0.2) is 0 Å². The van der Waals surface area contributed by atoms with E-state index in [0.29, 0.717) is 0 Å². The van der Waals surface area contributed by atoms with Crippen LogP contribution in [0.15, 0.2) is 0 Å². The lowest BCUT2D eigenvalue weighted by Gasteiger charge is -2.10. The van der Waals surface area contributed by atoms with Gasteiger partial charge < -0.3 is 4.90 Å². The molecule has 0 aliphatic heterocycles. The Hall–Kier alpha value is -0.0400. The summed E-state index contributed by atoms with van der Waals surface area (Å²) in [5.74, 6) is 0.833. The van der Waals surface area contributed by atoms with E-state index in [1.165, 1.54) is 19.5 Å². The summed E-state index contributed by atoms with van der Waals surface area (Å²) in [6, 6.07) is 0. The smallest absolute Gasteiger partial charge is 0.00245 e. The van der Waals surface area contributed by atoms with Gasteiger partial charge in [0.25, 0.3) is 0 Å². The number of nitrogens with zero attached hydrogens (tertiary/aromatic N) is 1. The SMILES string of the molecule is CC(C)C.CCCN(C)CC. The highest BCUT2D eigenvalue weighted by Gasteiger charge is 1.86. The lowest BCUT2D eigenvalue weighted by atomic mass is 10.3. The average Bonchev–Trinajstić information content (AvgIpc) is 1.87. The van der Waals surface area contributed by atoms with E-state index in [9.17, 15) is 0 Å². The Morgan fingerprint density at radius 2 is 1.45 bits per heavy atom. The lowest BCUT2D eigenvalue weighted by Crippen LogP contribution is -2.17. The normalized spacial score (nSPS) is 9.82. The van der Waals surface area contributed by atoms with Crippen LogP contribution >= 0.6 is 0 Å². The molecule has 70 valence electrons. The Balaban J connectivity index is 0. The Morgan fingerprint density at radius 1 is 1.09 bits per heavy atom. The quantitative estimate of drug-likeness (QED) is 0.612. The van der Waals surface area contributed by atoms with Crippen LogP contribution in [0.25, 0.3) is 0 Å². The topological polar surface area (TPSA) is 3.24 Å². The van der Waals surface area contributed by atoms with E-state index < -0.39 is 0 Å². The molecule has 0 heterocycles. The fourth-order valence-electron chi connectivity index (χ4n) is 0.540. The first-order chi connectivity index (χ1) is 5.04. The molecule has 0 atom stereocenters. The fraction of sp³-hybridized carbons (Fsp3) is 1.00. The molecule has 0 saturated carbocycles. The van der Waals surface area contributed by atoms with Crippen LogP contribution in [0.3, 0.4) is 0 Å². The van der Waals surface area contributed by atoms with Gasteiger partial charge in [-0.2, -0.15) is 0 Å². The van der Waals surface area contributed by atoms with Crippen molar-refractivity contribution in [2.75, 3.05) is 20.1 Å². The van der Waals surface area contributed by atoms with Gasteiger partial charge in [-0.3, -0.25) is 0 Å². The van der Waals surface area contributed by atoms with E-state index in [-0.39, 0.29) is 0 Å². The Kier molecular flexibility index (Phi) is 12.3. The maximum absolute atomic E-state index is 2.31. The molecular weight excluding hydrogens is 134 g/mol. The summed E-state index contributed by atoms with van der Waals surface area (Å²) in [7, 11) is 2.14. The van der Waals surface area contributed by atoms with Crippen molar-refractivity contribution in [1.29, 1.82) is 0 Å². The summed E-state index contributed by atoms with van der Waals surface area (Å²) in [6.07, 6.45) is 1.27. The van der Waals surface area contributed by atoms with Crippen LogP contribution in [0.4, 0.5) is 0 Å². The lowest BCUT2D eigenvalue weighted by molar-refractivity contribution is 0.353. The molecule has 0 amide bonds. The van der Waals surface area contributed by atoms with Gasteiger partial charge in [0.05, 0.1) is 0 Å². The van der Waals surface area contributed by atoms with Crippen LogP contribution in [-0.2, 0) is 0 Å². The van der Waals surface area contributed by atoms with E-state index >= 15 is 0 Å². The summed E-state index contributed by atoms with van der Waals surface area (Å²) in [6.45, 7) is 13.3. The largest absolute Gasteiger partial charge is 0.307 e. The van der Waals surface area contributed by atoms with Crippen molar-refractivity contribution in [2.24, 2.45) is 5.92 Å². The highest BCUT2D eigenvalue weighted by atomic mass is 15.1. The summed E-state index contributed by atoms with van der Waals surface area (Å²) in [5, 5.41) is 0. The minimum absolute atomic E-state index is 0.833. The van der Waals surface area contributed by atoms with Crippen molar-refractivity contribution in [1.82, 2.24) is 4.90 Å². The molecule has 0 unspecified atom stereocenters. The fourth-order valence-corrected chi connectivity index (χ4v) is 0.540. The van der Waals surface area contributed by atoms with Crippen LogP contribution in [0.1, 0.15) is 41.0 Å². The second-order valence-corrected chi connectivity index (χ2v) is 3.63. The van der Waals surface area contributed by atoms with E-state index in [0.717, 1.165) is 5.92 Å². The average molecular weight is 159 g/mol. The van der Waals surface area contributed by atoms with Crippen LogP contribution in [0, 0.1) is 5.92 Å². The van der Waals surface area contributed by atoms with Gasteiger partial charge in [0.1, 0.15) is 0 Å². The maximum Gasteiger partial charge on any atom is -0.00245 e. The second-order valence-electron chi connectivity index (χ2n) is 3.63. The second kappa shape index (κ2) is 9.96. The first-order valence-electron chi connectivity index (χ1n) is 4.73. The van der Waals surface area contributed by atoms with Gasteiger partial charge in [-0.15, -0.1) is 0 Å². The van der Waals surface area contributed by atoms with Crippen molar-refractivity contribution in [3.8, 4) is 0 Å². The summed E-state index contributed by atoms with van der Waals surface area (Å²) < 4.78 is 0. The van der Waals surface area contributed by atoms with Gasteiger partial charge in [0.2, 0.25) is 0 Å². The van der Waals surface area contributed by atoms with Crippen LogP contribution in [-0.4, -0.2) is 25.0 Å². The van der Waals surface area contributed by atoms with Gasteiger partial charge in [-0.1, -0.05) is 34.6 Å². The molecular formula is C10H25N. The van der Waals surface area contributed by atoms with Crippen molar-refractivity contribution < 1.29 is 0 Å². The molecule has 0 aromatic carbocycles. The van der Waals surface area contributed by atoms with E-state index in [4.69, 9.17) is 0 Å². The minimum Gasteiger partial charge on any atom is -0.307 e. The van der Waals surface area contributed by atoms with E-state index in [1.807, 2.05) is 0 Å². The van der Waals surface area contributed by atoms with Crippen molar-refractivity contribution >= 4 is 0 Å². The molecule has 0 aliphatic carbocycles. The zero-order chi connectivity index (χ0) is 9.28. The monoisotopic (exact) mass is 159 g/mol. The minimum atomic E-state index is 0.833. The van der Waals surface area contributed by atoms with Gasteiger partial charge in [0.15, 0.2) is 0 Å². The third-order valence-electron chi connectivity index (χ3n) is 1.15. The Bertz CT molecular complexity index is 57.1. The summed E-state index contributed by atoms with van der Waals surface area (Å²) in [5.41, 5.74) is 0. The zero-order valence-corrected chi connectivity index (χ0v) is 9.15. The number of hydrogen-bond donors (Lipinski definition) is 0. The van der Waals surface area contributed by atoms with Crippen LogP contribution in [0.5, 0.6) is 0 Å². The molecule has 0 spiro atoms. The van der Waals surface area contributed by atoms with E-state index in [1.54, 1.807) is 0 Å². The molecule has 0 saturated heterocycles. The van der Waals surface area contributed by atoms with Crippen molar-refractivity contribution in [3.63, 3.8) is 0 Å². The standard InChI is InChI=1S/C6H15N.C4H10/c1-4-6-7(3)5-2;1-4(2)3/h4-6H2,1-3H3;4H,1-3H3. The molecule has 0 N–H and O–H groups in total. The van der Waals surface area contributed by atoms with Gasteiger partial charge in [-0.05, 0) is 32.5 Å². The zero-order valence-electron chi connectivity index (χ0n) is 9.15. The molecule has 1 heteroatoms. The van der Waals surface area contributed by atoms with E-state index in [2.05, 4.69) is 46.6 Å². The predicted molar refractivity (Wildman–Crippen MR) is 54.0 cm³/mol. The maximum atomic E-state index is 2.31.